The molecule has 0 unspecified atom stereocenters. The molecule has 102 valence electrons. The van der Waals surface area contributed by atoms with Gasteiger partial charge in [-0.05, 0) is 0 Å². The summed E-state index contributed by atoms with van der Waals surface area (Å²) in [5, 5.41) is 37.7. The van der Waals surface area contributed by atoms with E-state index >= 15 is 0 Å². The van der Waals surface area contributed by atoms with Gasteiger partial charge in [0.1, 0.15) is 18.6 Å². The minimum atomic E-state index is -0.527. The van der Waals surface area contributed by atoms with Crippen LogP contribution in [0, 0.1) is 20.2 Å². The monoisotopic (exact) mass is 270 g/mol. The standard InChI is InChI=1S/C5H7N3O3.C3H3N3O2/c9-2-1-7-4-5(3-6-7)8(10)11;7-6(8)3-1-4-5-2-3/h3-4,9H,1-2H2;1-2H,(H,4,5). The van der Waals surface area contributed by atoms with Gasteiger partial charge in [-0.15, -0.1) is 0 Å². The lowest BCUT2D eigenvalue weighted by Gasteiger charge is -1.92. The molecule has 0 aliphatic carbocycles. The molecule has 2 rings (SSSR count). The molecular formula is C8H10N6O5. The van der Waals surface area contributed by atoms with Crippen LogP contribution in [0.15, 0.2) is 24.8 Å². The van der Waals surface area contributed by atoms with Crippen LogP contribution in [0.1, 0.15) is 0 Å². The second-order valence-corrected chi connectivity index (χ2v) is 3.16. The van der Waals surface area contributed by atoms with Crippen molar-refractivity contribution in [2.75, 3.05) is 6.61 Å². The molecule has 0 saturated carbocycles. The molecule has 2 heterocycles. The van der Waals surface area contributed by atoms with Gasteiger partial charge in [-0.1, -0.05) is 0 Å². The molecule has 19 heavy (non-hydrogen) atoms. The number of aliphatic hydroxyl groups is 1. The minimum Gasteiger partial charge on any atom is -0.394 e. The van der Waals surface area contributed by atoms with Crippen molar-refractivity contribution in [3.63, 3.8) is 0 Å². The summed E-state index contributed by atoms with van der Waals surface area (Å²) in [6.07, 6.45) is 4.80. The fourth-order valence-corrected chi connectivity index (χ4v) is 1.02. The largest absolute Gasteiger partial charge is 0.394 e. The lowest BCUT2D eigenvalue weighted by molar-refractivity contribution is -0.385. The molecule has 11 nitrogen and oxygen atoms in total. The molecular weight excluding hydrogens is 260 g/mol. The molecule has 0 bridgehead atoms. The lowest BCUT2D eigenvalue weighted by atomic mass is 10.6. The van der Waals surface area contributed by atoms with E-state index in [-0.39, 0.29) is 24.5 Å². The molecule has 11 heteroatoms. The van der Waals surface area contributed by atoms with E-state index in [9.17, 15) is 20.2 Å². The number of hydrogen-bond acceptors (Lipinski definition) is 7. The number of hydrogen-bond donors (Lipinski definition) is 2. The van der Waals surface area contributed by atoms with E-state index in [2.05, 4.69) is 15.3 Å². The number of aromatic nitrogens is 4. The summed E-state index contributed by atoms with van der Waals surface area (Å²) >= 11 is 0. The number of nitrogens with zero attached hydrogens (tertiary/aromatic N) is 5. The van der Waals surface area contributed by atoms with E-state index in [0.29, 0.717) is 0 Å². The molecule has 0 aromatic carbocycles. The number of nitro groups is 2. The number of aliphatic hydroxyl groups excluding tert-OH is 1. The third kappa shape index (κ3) is 4.51. The van der Waals surface area contributed by atoms with Gasteiger partial charge in [-0.25, -0.2) is 0 Å². The highest BCUT2D eigenvalue weighted by Crippen LogP contribution is 2.06. The maximum absolute atomic E-state index is 10.1. The average Bonchev–Trinajstić information content (AvgIpc) is 3.01. The van der Waals surface area contributed by atoms with Crippen molar-refractivity contribution < 1.29 is 15.0 Å². The van der Waals surface area contributed by atoms with E-state index in [1.165, 1.54) is 17.1 Å². The smallest absolute Gasteiger partial charge is 0.306 e. The molecule has 2 aromatic rings. The van der Waals surface area contributed by atoms with Crippen LogP contribution in [0.5, 0.6) is 0 Å². The first-order chi connectivity index (χ1) is 9.04. The van der Waals surface area contributed by atoms with Gasteiger partial charge in [0.25, 0.3) is 0 Å². The van der Waals surface area contributed by atoms with Gasteiger partial charge < -0.3 is 5.11 Å². The van der Waals surface area contributed by atoms with E-state index < -0.39 is 9.85 Å². The zero-order valence-electron chi connectivity index (χ0n) is 9.54. The molecule has 2 aromatic heterocycles. The van der Waals surface area contributed by atoms with Crippen LogP contribution in [-0.2, 0) is 6.54 Å². The highest BCUT2D eigenvalue weighted by Gasteiger charge is 2.07. The van der Waals surface area contributed by atoms with Crippen molar-refractivity contribution in [1.82, 2.24) is 20.0 Å². The summed E-state index contributed by atoms with van der Waals surface area (Å²) in [5.41, 5.74) is -0.0662. The fraction of sp³-hybridized carbons (Fsp3) is 0.250. The molecule has 2 N–H and O–H groups in total. The summed E-state index contributed by atoms with van der Waals surface area (Å²) < 4.78 is 1.32. The summed E-state index contributed by atoms with van der Waals surface area (Å²) in [7, 11) is 0. The van der Waals surface area contributed by atoms with Gasteiger partial charge in [-0.3, -0.25) is 30.0 Å². The van der Waals surface area contributed by atoms with Crippen LogP contribution in [0.2, 0.25) is 0 Å². The molecule has 0 atom stereocenters. The van der Waals surface area contributed by atoms with E-state index in [1.807, 2.05) is 0 Å². The van der Waals surface area contributed by atoms with E-state index in [0.717, 1.165) is 12.4 Å². The Balaban J connectivity index is 0.000000200. The predicted octanol–water partition coefficient (Wildman–Crippen LogP) is 0.101. The maximum Gasteiger partial charge on any atom is 0.306 e. The highest BCUT2D eigenvalue weighted by molar-refractivity contribution is 5.20. The number of nitrogens with one attached hydrogen (secondary N) is 1. The molecule has 0 radical (unpaired) electrons. The van der Waals surface area contributed by atoms with Gasteiger partial charge in [0, 0.05) is 0 Å². The molecule has 0 amide bonds. The Morgan fingerprint density at radius 3 is 2.32 bits per heavy atom. The van der Waals surface area contributed by atoms with Crippen LogP contribution >= 0.6 is 0 Å². The van der Waals surface area contributed by atoms with Crippen LogP contribution < -0.4 is 0 Å². The number of aromatic amines is 1. The first-order valence-electron chi connectivity index (χ1n) is 4.95. The Morgan fingerprint density at radius 1 is 1.26 bits per heavy atom. The van der Waals surface area contributed by atoms with Crippen LogP contribution in [0.3, 0.4) is 0 Å². The zero-order valence-corrected chi connectivity index (χ0v) is 9.54. The predicted molar refractivity (Wildman–Crippen MR) is 61.2 cm³/mol. The second kappa shape index (κ2) is 6.80. The zero-order chi connectivity index (χ0) is 14.3. The van der Waals surface area contributed by atoms with Gasteiger partial charge >= 0.3 is 11.4 Å². The Hall–Kier alpha value is -2.82. The van der Waals surface area contributed by atoms with E-state index in [1.54, 1.807) is 0 Å². The Bertz CT molecular complexity index is 536. The quantitative estimate of drug-likeness (QED) is 0.589. The summed E-state index contributed by atoms with van der Waals surface area (Å²) in [6.45, 7) is 0.215. The highest BCUT2D eigenvalue weighted by atomic mass is 16.6. The van der Waals surface area contributed by atoms with Crippen LogP contribution in [0.25, 0.3) is 0 Å². The first-order valence-corrected chi connectivity index (χ1v) is 4.95. The number of H-pyrrole nitrogens is 1. The Morgan fingerprint density at radius 2 is 1.95 bits per heavy atom. The molecule has 0 aliphatic rings. The summed E-state index contributed by atoms with van der Waals surface area (Å²) in [6, 6.07) is 0. The molecule has 0 aliphatic heterocycles. The molecule has 0 fully saturated rings. The summed E-state index contributed by atoms with van der Waals surface area (Å²) in [4.78, 5) is 18.9. The molecule has 0 spiro atoms. The normalized spacial score (nSPS) is 9.53. The van der Waals surface area contributed by atoms with Crippen molar-refractivity contribution in [2.24, 2.45) is 0 Å². The number of rotatable bonds is 4. The van der Waals surface area contributed by atoms with Crippen molar-refractivity contribution in [1.29, 1.82) is 0 Å². The summed E-state index contributed by atoms with van der Waals surface area (Å²) in [5.74, 6) is 0. The van der Waals surface area contributed by atoms with Crippen molar-refractivity contribution in [3.05, 3.63) is 45.0 Å². The molecule has 0 saturated heterocycles. The first kappa shape index (κ1) is 14.2. The maximum atomic E-state index is 10.1. The van der Waals surface area contributed by atoms with E-state index in [4.69, 9.17) is 5.11 Å². The van der Waals surface area contributed by atoms with Gasteiger partial charge in [-0.2, -0.15) is 10.2 Å². The topological polar surface area (TPSA) is 153 Å². The van der Waals surface area contributed by atoms with Crippen LogP contribution in [-0.4, -0.2) is 41.5 Å². The van der Waals surface area contributed by atoms with Gasteiger partial charge in [0.2, 0.25) is 0 Å². The average molecular weight is 270 g/mol. The fourth-order valence-electron chi connectivity index (χ4n) is 1.02. The van der Waals surface area contributed by atoms with Gasteiger partial charge in [0.05, 0.1) is 29.2 Å². The Kier molecular flexibility index (Phi) is 5.10. The Labute approximate surface area is 105 Å². The second-order valence-electron chi connectivity index (χ2n) is 3.16. The van der Waals surface area contributed by atoms with Crippen LogP contribution in [0.4, 0.5) is 11.4 Å². The van der Waals surface area contributed by atoms with Crippen molar-refractivity contribution in [3.8, 4) is 0 Å². The van der Waals surface area contributed by atoms with Crippen molar-refractivity contribution in [2.45, 2.75) is 6.54 Å². The third-order valence-corrected chi connectivity index (χ3v) is 1.85. The SMILES string of the molecule is O=[N+]([O-])c1cn[nH]c1.O=[N+]([O-])c1cnn(CCO)c1. The van der Waals surface area contributed by atoms with Crippen molar-refractivity contribution >= 4 is 11.4 Å². The van der Waals surface area contributed by atoms with Gasteiger partial charge in [0.15, 0.2) is 0 Å². The lowest BCUT2D eigenvalue weighted by Crippen LogP contribution is -2.01. The third-order valence-electron chi connectivity index (χ3n) is 1.85. The minimum absolute atomic E-state index is 0.00926.